The molecule has 1 rings (SSSR count). The van der Waals surface area contributed by atoms with Crippen molar-refractivity contribution in [3.8, 4) is 0 Å². The third-order valence-corrected chi connectivity index (χ3v) is 4.61. The van der Waals surface area contributed by atoms with Gasteiger partial charge in [0, 0.05) is 19.4 Å². The van der Waals surface area contributed by atoms with E-state index < -0.39 is 0 Å². The van der Waals surface area contributed by atoms with Crippen molar-refractivity contribution in [2.45, 2.75) is 90.5 Å². The Bertz CT molecular complexity index is 479. The lowest BCUT2D eigenvalue weighted by Crippen LogP contribution is -2.22. The summed E-state index contributed by atoms with van der Waals surface area (Å²) < 4.78 is 0. The summed E-state index contributed by atoms with van der Waals surface area (Å²) in [5, 5.41) is 3.01. The molecule has 3 nitrogen and oxygen atoms in total. The van der Waals surface area contributed by atoms with Gasteiger partial charge in [-0.15, -0.1) is 0 Å². The number of aldehydes is 1. The third-order valence-electron chi connectivity index (χ3n) is 4.61. The van der Waals surface area contributed by atoms with Crippen molar-refractivity contribution in [2.75, 3.05) is 0 Å². The van der Waals surface area contributed by atoms with Gasteiger partial charge in [-0.25, -0.2) is 0 Å². The van der Waals surface area contributed by atoms with E-state index in [-0.39, 0.29) is 5.91 Å². The number of benzene rings is 1. The zero-order valence-electron chi connectivity index (χ0n) is 16.1. The lowest BCUT2D eigenvalue weighted by molar-refractivity contribution is -0.121. The number of carbonyl (C=O) groups is 2. The van der Waals surface area contributed by atoms with Crippen LogP contribution in [0.5, 0.6) is 0 Å². The number of amides is 1. The van der Waals surface area contributed by atoms with Crippen molar-refractivity contribution < 1.29 is 9.59 Å². The SMILES string of the molecule is CC(C)c1ccc(CNC(=O)CCCCCCCCCCC=O)cc1. The van der Waals surface area contributed by atoms with Crippen molar-refractivity contribution in [2.24, 2.45) is 0 Å². The molecule has 140 valence electrons. The molecule has 1 aromatic carbocycles. The molecule has 0 spiro atoms. The quantitative estimate of drug-likeness (QED) is 0.356. The van der Waals surface area contributed by atoms with E-state index in [9.17, 15) is 9.59 Å². The maximum absolute atomic E-state index is 11.9. The lowest BCUT2D eigenvalue weighted by Gasteiger charge is -2.08. The highest BCUT2D eigenvalue weighted by Gasteiger charge is 2.03. The molecular formula is C22H35NO2. The summed E-state index contributed by atoms with van der Waals surface area (Å²) in [6, 6.07) is 8.49. The lowest BCUT2D eigenvalue weighted by atomic mass is 10.0. The fourth-order valence-corrected chi connectivity index (χ4v) is 2.88. The minimum atomic E-state index is 0.154. The molecule has 0 atom stereocenters. The van der Waals surface area contributed by atoms with Gasteiger partial charge in [0.05, 0.1) is 0 Å². The van der Waals surface area contributed by atoms with E-state index in [1.807, 2.05) is 0 Å². The molecule has 0 aliphatic carbocycles. The Morgan fingerprint density at radius 1 is 0.920 bits per heavy atom. The second-order valence-electron chi connectivity index (χ2n) is 7.21. The largest absolute Gasteiger partial charge is 0.352 e. The van der Waals surface area contributed by atoms with E-state index in [1.165, 1.54) is 37.7 Å². The van der Waals surface area contributed by atoms with Gasteiger partial charge in [0.15, 0.2) is 0 Å². The van der Waals surface area contributed by atoms with Crippen LogP contribution in [0.25, 0.3) is 0 Å². The van der Waals surface area contributed by atoms with Gasteiger partial charge < -0.3 is 10.1 Å². The molecule has 0 heterocycles. The summed E-state index contributed by atoms with van der Waals surface area (Å²) in [4.78, 5) is 22.1. The summed E-state index contributed by atoms with van der Waals surface area (Å²) in [6.07, 6.45) is 11.6. The highest BCUT2D eigenvalue weighted by molar-refractivity contribution is 5.75. The molecule has 0 aliphatic heterocycles. The van der Waals surface area contributed by atoms with Crippen LogP contribution in [0.3, 0.4) is 0 Å². The Morgan fingerprint density at radius 2 is 1.48 bits per heavy atom. The monoisotopic (exact) mass is 345 g/mol. The Kier molecular flexibility index (Phi) is 11.7. The van der Waals surface area contributed by atoms with Gasteiger partial charge in [-0.2, -0.15) is 0 Å². The molecule has 1 aromatic rings. The van der Waals surface area contributed by atoms with Crippen molar-refractivity contribution in [3.05, 3.63) is 35.4 Å². The molecule has 0 aromatic heterocycles. The minimum Gasteiger partial charge on any atom is -0.352 e. The van der Waals surface area contributed by atoms with Gasteiger partial charge in [0.1, 0.15) is 6.29 Å². The van der Waals surface area contributed by atoms with E-state index in [4.69, 9.17) is 0 Å². The maximum atomic E-state index is 11.9. The number of carbonyl (C=O) groups excluding carboxylic acids is 2. The summed E-state index contributed by atoms with van der Waals surface area (Å²) in [5.41, 5.74) is 2.49. The van der Waals surface area contributed by atoms with Crippen LogP contribution >= 0.6 is 0 Å². The summed E-state index contributed by atoms with van der Waals surface area (Å²) in [7, 11) is 0. The zero-order valence-corrected chi connectivity index (χ0v) is 16.1. The van der Waals surface area contributed by atoms with Crippen LogP contribution in [0.15, 0.2) is 24.3 Å². The maximum Gasteiger partial charge on any atom is 0.220 e. The van der Waals surface area contributed by atoms with Crippen LogP contribution in [-0.2, 0) is 16.1 Å². The molecule has 25 heavy (non-hydrogen) atoms. The van der Waals surface area contributed by atoms with Crippen LogP contribution < -0.4 is 5.32 Å². The first-order valence-corrected chi connectivity index (χ1v) is 9.92. The van der Waals surface area contributed by atoms with Crippen molar-refractivity contribution in [1.82, 2.24) is 5.32 Å². The molecule has 1 amide bonds. The third kappa shape index (κ3) is 10.8. The Morgan fingerprint density at radius 3 is 2.04 bits per heavy atom. The highest BCUT2D eigenvalue weighted by atomic mass is 16.1. The molecule has 0 saturated heterocycles. The molecular weight excluding hydrogens is 310 g/mol. The molecule has 0 bridgehead atoms. The second kappa shape index (κ2) is 13.6. The summed E-state index contributed by atoms with van der Waals surface area (Å²) in [5.74, 6) is 0.696. The number of hydrogen-bond acceptors (Lipinski definition) is 2. The molecule has 0 aliphatic rings. The first-order valence-electron chi connectivity index (χ1n) is 9.92. The molecule has 0 fully saturated rings. The summed E-state index contributed by atoms with van der Waals surface area (Å²) >= 11 is 0. The van der Waals surface area contributed by atoms with Crippen LogP contribution in [0, 0.1) is 0 Å². The normalized spacial score (nSPS) is 10.8. The zero-order chi connectivity index (χ0) is 18.3. The Hall–Kier alpha value is -1.64. The van der Waals surface area contributed by atoms with E-state index in [0.717, 1.165) is 31.1 Å². The van der Waals surface area contributed by atoms with Crippen molar-refractivity contribution in [1.29, 1.82) is 0 Å². The molecule has 3 heteroatoms. The predicted molar refractivity (Wildman–Crippen MR) is 105 cm³/mol. The standard InChI is InChI=1S/C22H35NO2/c1-19(2)21-15-13-20(14-16-21)18-23-22(25)12-10-8-6-4-3-5-7-9-11-17-24/h13-17,19H,3-12,18H2,1-2H3,(H,23,25). The van der Waals surface area contributed by atoms with E-state index >= 15 is 0 Å². The van der Waals surface area contributed by atoms with E-state index in [1.54, 1.807) is 0 Å². The topological polar surface area (TPSA) is 46.2 Å². The van der Waals surface area contributed by atoms with Crippen molar-refractivity contribution >= 4 is 12.2 Å². The van der Waals surface area contributed by atoms with Crippen LogP contribution in [0.1, 0.15) is 95.1 Å². The smallest absolute Gasteiger partial charge is 0.220 e. The van der Waals surface area contributed by atoms with E-state index in [2.05, 4.69) is 43.4 Å². The predicted octanol–water partition coefficient (Wildman–Crippen LogP) is 5.53. The van der Waals surface area contributed by atoms with Crippen molar-refractivity contribution in [3.63, 3.8) is 0 Å². The number of unbranched alkanes of at least 4 members (excludes halogenated alkanes) is 8. The van der Waals surface area contributed by atoms with Crippen LogP contribution in [0.4, 0.5) is 0 Å². The number of rotatable bonds is 14. The average Bonchev–Trinajstić information content (AvgIpc) is 2.62. The Labute approximate surface area is 153 Å². The van der Waals surface area contributed by atoms with Gasteiger partial charge in [-0.1, -0.05) is 76.6 Å². The first kappa shape index (κ1) is 21.4. The van der Waals surface area contributed by atoms with Gasteiger partial charge in [-0.3, -0.25) is 4.79 Å². The van der Waals surface area contributed by atoms with Gasteiger partial charge >= 0.3 is 0 Å². The second-order valence-corrected chi connectivity index (χ2v) is 7.21. The van der Waals surface area contributed by atoms with Gasteiger partial charge in [0.2, 0.25) is 5.91 Å². The fraction of sp³-hybridized carbons (Fsp3) is 0.636. The van der Waals surface area contributed by atoms with Crippen LogP contribution in [0.2, 0.25) is 0 Å². The van der Waals surface area contributed by atoms with Crippen LogP contribution in [-0.4, -0.2) is 12.2 Å². The van der Waals surface area contributed by atoms with Gasteiger partial charge in [-0.05, 0) is 29.9 Å². The average molecular weight is 346 g/mol. The summed E-state index contributed by atoms with van der Waals surface area (Å²) in [6.45, 7) is 4.99. The number of hydrogen-bond donors (Lipinski definition) is 1. The van der Waals surface area contributed by atoms with E-state index in [0.29, 0.717) is 25.3 Å². The van der Waals surface area contributed by atoms with Gasteiger partial charge in [0.25, 0.3) is 0 Å². The first-order chi connectivity index (χ1) is 12.1. The molecule has 1 N–H and O–H groups in total. The molecule has 0 saturated carbocycles. The molecule has 0 radical (unpaired) electrons. The fourth-order valence-electron chi connectivity index (χ4n) is 2.88. The molecule has 0 unspecified atom stereocenters. The Balaban J connectivity index is 1.99. The minimum absolute atomic E-state index is 0.154. The highest BCUT2D eigenvalue weighted by Crippen LogP contribution is 2.14. The number of nitrogens with one attached hydrogen (secondary N) is 1.